The Morgan fingerprint density at radius 3 is 3.24 bits per heavy atom. The van der Waals surface area contributed by atoms with Crippen LogP contribution in [0.3, 0.4) is 0 Å². The Balaban J connectivity index is 2.08. The quantitative estimate of drug-likeness (QED) is 0.789. The smallest absolute Gasteiger partial charge is 0.222 e. The standard InChI is InChI=1S/C12H20N4O/c1-2-16-7-6-15-11(16)8-10-9(12(13)17)4-3-5-14-10/h6-7,9-10,14H,2-5,8H2,1H3,(H2,13,17). The van der Waals surface area contributed by atoms with Crippen molar-refractivity contribution in [3.63, 3.8) is 0 Å². The monoisotopic (exact) mass is 236 g/mol. The fourth-order valence-electron chi connectivity index (χ4n) is 2.52. The van der Waals surface area contributed by atoms with Gasteiger partial charge in [-0.15, -0.1) is 0 Å². The van der Waals surface area contributed by atoms with Crippen LogP contribution in [0.5, 0.6) is 0 Å². The van der Waals surface area contributed by atoms with E-state index < -0.39 is 0 Å². The van der Waals surface area contributed by atoms with Crippen LogP contribution < -0.4 is 11.1 Å². The van der Waals surface area contributed by atoms with Gasteiger partial charge in [0, 0.05) is 31.4 Å². The molecule has 2 atom stereocenters. The summed E-state index contributed by atoms with van der Waals surface area (Å²) in [5.41, 5.74) is 5.45. The van der Waals surface area contributed by atoms with Gasteiger partial charge in [0.05, 0.1) is 5.92 Å². The van der Waals surface area contributed by atoms with Gasteiger partial charge in [0.25, 0.3) is 0 Å². The first kappa shape index (κ1) is 12.1. The van der Waals surface area contributed by atoms with E-state index in [0.29, 0.717) is 0 Å². The molecule has 2 unspecified atom stereocenters. The van der Waals surface area contributed by atoms with Crippen LogP contribution in [0.4, 0.5) is 0 Å². The Kier molecular flexibility index (Phi) is 3.78. The third-order valence-corrected chi connectivity index (χ3v) is 3.49. The summed E-state index contributed by atoms with van der Waals surface area (Å²) in [6.07, 6.45) is 6.46. The fourth-order valence-corrected chi connectivity index (χ4v) is 2.52. The summed E-state index contributed by atoms with van der Waals surface area (Å²) in [7, 11) is 0. The number of primary amides is 1. The lowest BCUT2D eigenvalue weighted by molar-refractivity contribution is -0.123. The molecule has 2 rings (SSSR count). The summed E-state index contributed by atoms with van der Waals surface area (Å²) >= 11 is 0. The van der Waals surface area contributed by atoms with Crippen molar-refractivity contribution in [2.75, 3.05) is 6.54 Å². The zero-order valence-electron chi connectivity index (χ0n) is 10.2. The maximum absolute atomic E-state index is 11.4. The van der Waals surface area contributed by atoms with E-state index in [1.807, 2.05) is 6.20 Å². The van der Waals surface area contributed by atoms with Gasteiger partial charge in [-0.1, -0.05) is 0 Å². The first-order valence-corrected chi connectivity index (χ1v) is 6.25. The first-order chi connectivity index (χ1) is 8.22. The molecule has 1 aliphatic rings. The lowest BCUT2D eigenvalue weighted by atomic mass is 9.88. The summed E-state index contributed by atoms with van der Waals surface area (Å²) < 4.78 is 2.11. The van der Waals surface area contributed by atoms with Crippen LogP contribution in [0.2, 0.25) is 0 Å². The Bertz CT molecular complexity index is 388. The molecular formula is C12H20N4O. The molecule has 17 heavy (non-hydrogen) atoms. The van der Waals surface area contributed by atoms with Gasteiger partial charge in [-0.05, 0) is 26.3 Å². The molecule has 5 heteroatoms. The maximum atomic E-state index is 11.4. The highest BCUT2D eigenvalue weighted by molar-refractivity contribution is 5.77. The first-order valence-electron chi connectivity index (χ1n) is 6.25. The minimum absolute atomic E-state index is 0.0641. The van der Waals surface area contributed by atoms with Crippen molar-refractivity contribution in [2.45, 2.75) is 38.8 Å². The number of piperidine rings is 1. The van der Waals surface area contributed by atoms with E-state index >= 15 is 0 Å². The van der Waals surface area contributed by atoms with Gasteiger partial charge in [-0.25, -0.2) is 4.98 Å². The largest absolute Gasteiger partial charge is 0.369 e. The zero-order chi connectivity index (χ0) is 12.3. The normalized spacial score (nSPS) is 24.8. The molecule has 0 spiro atoms. The average molecular weight is 236 g/mol. The number of aryl methyl sites for hydroxylation is 1. The van der Waals surface area contributed by atoms with Gasteiger partial charge in [0.1, 0.15) is 5.82 Å². The summed E-state index contributed by atoms with van der Waals surface area (Å²) in [6.45, 7) is 3.95. The van der Waals surface area contributed by atoms with Gasteiger partial charge in [0.15, 0.2) is 0 Å². The molecule has 0 aromatic carbocycles. The van der Waals surface area contributed by atoms with E-state index in [1.54, 1.807) is 6.20 Å². The third kappa shape index (κ3) is 2.66. The molecule has 0 radical (unpaired) electrons. The average Bonchev–Trinajstić information content (AvgIpc) is 2.77. The third-order valence-electron chi connectivity index (χ3n) is 3.49. The van der Waals surface area contributed by atoms with Crippen LogP contribution in [0.15, 0.2) is 12.4 Å². The molecule has 1 saturated heterocycles. The van der Waals surface area contributed by atoms with Gasteiger partial charge in [0.2, 0.25) is 5.91 Å². The van der Waals surface area contributed by atoms with Crippen molar-refractivity contribution in [2.24, 2.45) is 11.7 Å². The molecule has 2 heterocycles. The van der Waals surface area contributed by atoms with Gasteiger partial charge in [-0.2, -0.15) is 0 Å². The van der Waals surface area contributed by atoms with Gasteiger partial charge >= 0.3 is 0 Å². The Hall–Kier alpha value is -1.36. The Labute approximate surface area is 101 Å². The Morgan fingerprint density at radius 2 is 2.53 bits per heavy atom. The molecule has 1 amide bonds. The fraction of sp³-hybridized carbons (Fsp3) is 0.667. The second-order valence-electron chi connectivity index (χ2n) is 4.55. The summed E-state index contributed by atoms with van der Waals surface area (Å²) in [5.74, 6) is 0.765. The molecule has 0 aliphatic carbocycles. The lowest BCUT2D eigenvalue weighted by Crippen LogP contribution is -2.48. The van der Waals surface area contributed by atoms with Gasteiger partial charge in [-0.3, -0.25) is 4.79 Å². The maximum Gasteiger partial charge on any atom is 0.222 e. The number of carbonyl (C=O) groups is 1. The molecule has 1 aromatic rings. The van der Waals surface area contributed by atoms with E-state index in [9.17, 15) is 4.79 Å². The van der Waals surface area contributed by atoms with E-state index in [1.165, 1.54) is 0 Å². The van der Waals surface area contributed by atoms with Crippen molar-refractivity contribution in [3.8, 4) is 0 Å². The molecule has 1 aromatic heterocycles. The van der Waals surface area contributed by atoms with Crippen LogP contribution in [-0.4, -0.2) is 28.0 Å². The topological polar surface area (TPSA) is 72.9 Å². The van der Waals surface area contributed by atoms with Gasteiger partial charge < -0.3 is 15.6 Å². The highest BCUT2D eigenvalue weighted by Crippen LogP contribution is 2.19. The zero-order valence-corrected chi connectivity index (χ0v) is 10.2. The number of hydrogen-bond donors (Lipinski definition) is 2. The molecule has 1 aliphatic heterocycles. The molecule has 0 bridgehead atoms. The second-order valence-corrected chi connectivity index (χ2v) is 4.55. The number of nitrogens with two attached hydrogens (primary N) is 1. The number of nitrogens with zero attached hydrogens (tertiary/aromatic N) is 2. The molecular weight excluding hydrogens is 216 g/mol. The van der Waals surface area contributed by atoms with Crippen LogP contribution in [0.25, 0.3) is 0 Å². The highest BCUT2D eigenvalue weighted by Gasteiger charge is 2.29. The van der Waals surface area contributed by atoms with Crippen molar-refractivity contribution in [3.05, 3.63) is 18.2 Å². The van der Waals surface area contributed by atoms with Crippen molar-refractivity contribution < 1.29 is 4.79 Å². The number of hydrogen-bond acceptors (Lipinski definition) is 3. The highest BCUT2D eigenvalue weighted by atomic mass is 16.1. The molecule has 3 N–H and O–H groups in total. The van der Waals surface area contributed by atoms with E-state index in [-0.39, 0.29) is 17.9 Å². The number of nitrogens with one attached hydrogen (secondary N) is 1. The summed E-state index contributed by atoms with van der Waals surface area (Å²) in [5, 5.41) is 3.39. The molecule has 1 fully saturated rings. The van der Waals surface area contributed by atoms with E-state index in [4.69, 9.17) is 5.73 Å². The minimum Gasteiger partial charge on any atom is -0.369 e. The van der Waals surface area contributed by atoms with E-state index in [0.717, 1.165) is 38.2 Å². The van der Waals surface area contributed by atoms with Crippen LogP contribution >= 0.6 is 0 Å². The molecule has 5 nitrogen and oxygen atoms in total. The summed E-state index contributed by atoms with van der Waals surface area (Å²) in [6, 6.07) is 0.133. The van der Waals surface area contributed by atoms with E-state index in [2.05, 4.69) is 21.8 Å². The Morgan fingerprint density at radius 1 is 1.71 bits per heavy atom. The molecule has 94 valence electrons. The van der Waals surface area contributed by atoms with Crippen molar-refractivity contribution in [1.29, 1.82) is 0 Å². The number of rotatable bonds is 4. The van der Waals surface area contributed by atoms with Crippen molar-refractivity contribution >= 4 is 5.91 Å². The lowest BCUT2D eigenvalue weighted by Gasteiger charge is -2.30. The number of amides is 1. The minimum atomic E-state index is -0.197. The SMILES string of the molecule is CCn1ccnc1CC1NCCCC1C(N)=O. The number of carbonyl (C=O) groups excluding carboxylic acids is 1. The van der Waals surface area contributed by atoms with Crippen LogP contribution in [-0.2, 0) is 17.8 Å². The van der Waals surface area contributed by atoms with Crippen molar-refractivity contribution in [1.82, 2.24) is 14.9 Å². The number of imidazole rings is 1. The predicted octanol–water partition coefficient (Wildman–Crippen LogP) is 0.299. The second kappa shape index (κ2) is 5.31. The van der Waals surface area contributed by atoms with Crippen LogP contribution in [0, 0.1) is 5.92 Å². The predicted molar refractivity (Wildman–Crippen MR) is 65.3 cm³/mol. The molecule has 0 saturated carbocycles. The number of aromatic nitrogens is 2. The van der Waals surface area contributed by atoms with Crippen LogP contribution in [0.1, 0.15) is 25.6 Å². The summed E-state index contributed by atoms with van der Waals surface area (Å²) in [4.78, 5) is 15.7.